The number of carbonyl (C=O) groups excluding carboxylic acids is 1. The molecule has 0 bridgehead atoms. The second-order valence-electron chi connectivity index (χ2n) is 7.80. The number of hydrogen-bond donors (Lipinski definition) is 1. The minimum absolute atomic E-state index is 0.192. The number of aliphatic hydroxyl groups excluding tert-OH is 1. The molecule has 4 nitrogen and oxygen atoms in total. The number of rotatable bonds is 2. The Balaban J connectivity index is 1.84. The lowest BCUT2D eigenvalue weighted by Crippen LogP contribution is -2.46. The highest BCUT2D eigenvalue weighted by molar-refractivity contribution is 5.70. The average molecular weight is 317 g/mol. The molecule has 2 aliphatic rings. The Morgan fingerprint density at radius 1 is 1.26 bits per heavy atom. The number of nitrogens with zero attached hydrogens (tertiary/aromatic N) is 1. The van der Waals surface area contributed by atoms with Gasteiger partial charge >= 0.3 is 6.09 Å². The predicted molar refractivity (Wildman–Crippen MR) is 89.0 cm³/mol. The summed E-state index contributed by atoms with van der Waals surface area (Å²) >= 11 is 0. The van der Waals surface area contributed by atoms with E-state index >= 15 is 0 Å². The number of hydrogen-bond acceptors (Lipinski definition) is 3. The molecule has 0 spiro atoms. The van der Waals surface area contributed by atoms with Crippen molar-refractivity contribution in [3.8, 4) is 0 Å². The Kier molecular flexibility index (Phi) is 4.37. The van der Waals surface area contributed by atoms with Gasteiger partial charge in [0.05, 0.1) is 12.1 Å². The molecule has 126 valence electrons. The fourth-order valence-electron chi connectivity index (χ4n) is 4.07. The summed E-state index contributed by atoms with van der Waals surface area (Å²) in [5.74, 6) is 0.492. The van der Waals surface area contributed by atoms with Crippen molar-refractivity contribution in [3.63, 3.8) is 0 Å². The van der Waals surface area contributed by atoms with Gasteiger partial charge in [0.1, 0.15) is 5.60 Å². The van der Waals surface area contributed by atoms with Gasteiger partial charge in [0.25, 0.3) is 0 Å². The Morgan fingerprint density at radius 2 is 1.96 bits per heavy atom. The van der Waals surface area contributed by atoms with Crippen LogP contribution in [0.2, 0.25) is 0 Å². The summed E-state index contributed by atoms with van der Waals surface area (Å²) in [6, 6.07) is 9.65. The second-order valence-corrected chi connectivity index (χ2v) is 7.80. The Labute approximate surface area is 138 Å². The molecule has 1 aliphatic heterocycles. The molecule has 2 fully saturated rings. The molecular formula is C19H27NO3. The summed E-state index contributed by atoms with van der Waals surface area (Å²) in [5, 5.41) is 10.8. The van der Waals surface area contributed by atoms with Crippen LogP contribution in [0.4, 0.5) is 4.79 Å². The number of aliphatic hydroxyl groups is 1. The molecule has 0 unspecified atom stereocenters. The van der Waals surface area contributed by atoms with E-state index in [0.717, 1.165) is 31.2 Å². The summed E-state index contributed by atoms with van der Waals surface area (Å²) in [6.45, 7) is 5.65. The van der Waals surface area contributed by atoms with Gasteiger partial charge in [-0.15, -0.1) is 0 Å². The predicted octanol–water partition coefficient (Wildman–Crippen LogP) is 3.90. The van der Waals surface area contributed by atoms with E-state index in [9.17, 15) is 9.90 Å². The first-order valence-corrected chi connectivity index (χ1v) is 8.61. The van der Waals surface area contributed by atoms with E-state index < -0.39 is 11.7 Å². The number of ether oxygens (including phenoxy) is 1. The molecule has 4 atom stereocenters. The highest BCUT2D eigenvalue weighted by atomic mass is 16.6. The van der Waals surface area contributed by atoms with Crippen molar-refractivity contribution < 1.29 is 14.6 Å². The van der Waals surface area contributed by atoms with Crippen LogP contribution in [-0.4, -0.2) is 33.8 Å². The van der Waals surface area contributed by atoms with E-state index in [1.807, 2.05) is 56.0 Å². The number of fused-ring (bicyclic) bond motifs is 1. The molecule has 1 heterocycles. The van der Waals surface area contributed by atoms with E-state index in [-0.39, 0.29) is 18.2 Å². The van der Waals surface area contributed by atoms with Crippen LogP contribution >= 0.6 is 0 Å². The monoisotopic (exact) mass is 317 g/mol. The third-order valence-corrected chi connectivity index (χ3v) is 4.99. The van der Waals surface area contributed by atoms with Gasteiger partial charge in [-0.2, -0.15) is 0 Å². The van der Waals surface area contributed by atoms with E-state index in [1.54, 1.807) is 0 Å². The third-order valence-electron chi connectivity index (χ3n) is 4.99. The van der Waals surface area contributed by atoms with Gasteiger partial charge in [-0.3, -0.25) is 4.90 Å². The van der Waals surface area contributed by atoms with Crippen LogP contribution in [0.25, 0.3) is 0 Å². The van der Waals surface area contributed by atoms with Crippen molar-refractivity contribution in [2.45, 2.75) is 70.2 Å². The minimum Gasteiger partial charge on any atom is -0.444 e. The maximum absolute atomic E-state index is 12.7. The van der Waals surface area contributed by atoms with Gasteiger partial charge in [-0.05, 0) is 51.5 Å². The number of benzene rings is 1. The number of amides is 1. The Morgan fingerprint density at radius 3 is 2.61 bits per heavy atom. The van der Waals surface area contributed by atoms with Crippen LogP contribution in [0.3, 0.4) is 0 Å². The van der Waals surface area contributed by atoms with Gasteiger partial charge in [0.2, 0.25) is 0 Å². The summed E-state index contributed by atoms with van der Waals surface area (Å²) in [4.78, 5) is 14.6. The standard InChI is InChI=1S/C19H27NO3/c1-19(2,3)23-18(22)20-15-11-7-10-14(15)12-16(20)17(21)13-8-5-4-6-9-13/h4-6,8-9,14-17,21H,7,10-12H2,1-3H3/t14-,15-,16+,17-/m1/s1. The van der Waals surface area contributed by atoms with E-state index in [4.69, 9.17) is 4.74 Å². The Hall–Kier alpha value is -1.55. The number of carbonyl (C=O) groups is 1. The summed E-state index contributed by atoms with van der Waals surface area (Å²) in [6.07, 6.45) is 3.23. The minimum atomic E-state index is -0.658. The van der Waals surface area contributed by atoms with Crippen molar-refractivity contribution >= 4 is 6.09 Å². The maximum Gasteiger partial charge on any atom is 0.410 e. The van der Waals surface area contributed by atoms with Crippen molar-refractivity contribution in [1.82, 2.24) is 4.90 Å². The van der Waals surface area contributed by atoms with Crippen LogP contribution < -0.4 is 0 Å². The molecule has 3 rings (SSSR count). The summed E-state index contributed by atoms with van der Waals surface area (Å²) < 4.78 is 5.62. The first-order valence-electron chi connectivity index (χ1n) is 8.61. The van der Waals surface area contributed by atoms with Crippen LogP contribution in [0.1, 0.15) is 58.1 Å². The largest absolute Gasteiger partial charge is 0.444 e. The van der Waals surface area contributed by atoms with Gasteiger partial charge in [0, 0.05) is 6.04 Å². The fourth-order valence-corrected chi connectivity index (χ4v) is 4.07. The molecule has 1 N–H and O–H groups in total. The summed E-state index contributed by atoms with van der Waals surface area (Å²) in [5.41, 5.74) is 0.349. The van der Waals surface area contributed by atoms with E-state index in [0.29, 0.717) is 5.92 Å². The molecule has 0 radical (unpaired) electrons. The smallest absolute Gasteiger partial charge is 0.410 e. The van der Waals surface area contributed by atoms with Gasteiger partial charge < -0.3 is 9.84 Å². The first-order chi connectivity index (χ1) is 10.9. The molecule has 4 heteroatoms. The van der Waals surface area contributed by atoms with Gasteiger partial charge in [0.15, 0.2) is 0 Å². The van der Waals surface area contributed by atoms with Gasteiger partial charge in [-0.25, -0.2) is 4.79 Å². The van der Waals surface area contributed by atoms with Crippen molar-refractivity contribution in [1.29, 1.82) is 0 Å². The molecule has 1 saturated carbocycles. The van der Waals surface area contributed by atoms with E-state index in [1.165, 1.54) is 0 Å². The molecule has 1 aromatic carbocycles. The second kappa shape index (κ2) is 6.16. The fraction of sp³-hybridized carbons (Fsp3) is 0.632. The zero-order chi connectivity index (χ0) is 16.6. The molecular weight excluding hydrogens is 290 g/mol. The van der Waals surface area contributed by atoms with Crippen LogP contribution in [0.5, 0.6) is 0 Å². The van der Waals surface area contributed by atoms with Crippen LogP contribution in [0, 0.1) is 5.92 Å². The normalized spacial score (nSPS) is 28.5. The lowest BCUT2D eigenvalue weighted by Gasteiger charge is -2.34. The van der Waals surface area contributed by atoms with Crippen molar-refractivity contribution in [2.24, 2.45) is 5.92 Å². The Bertz CT molecular complexity index is 551. The van der Waals surface area contributed by atoms with Crippen molar-refractivity contribution in [3.05, 3.63) is 35.9 Å². The SMILES string of the molecule is CC(C)(C)OC(=O)N1[C@@H]2CCC[C@@H]2C[C@H]1[C@H](O)c1ccccc1. The molecule has 1 aromatic rings. The quantitative estimate of drug-likeness (QED) is 0.900. The first kappa shape index (κ1) is 16.3. The molecule has 0 aromatic heterocycles. The maximum atomic E-state index is 12.7. The van der Waals surface area contributed by atoms with E-state index in [2.05, 4.69) is 0 Å². The highest BCUT2D eigenvalue weighted by Crippen LogP contribution is 2.45. The molecule has 1 amide bonds. The number of likely N-dealkylation sites (tertiary alicyclic amines) is 1. The average Bonchev–Trinajstić information content (AvgIpc) is 3.05. The van der Waals surface area contributed by atoms with Crippen molar-refractivity contribution in [2.75, 3.05) is 0 Å². The third kappa shape index (κ3) is 3.37. The topological polar surface area (TPSA) is 49.8 Å². The zero-order valence-electron chi connectivity index (χ0n) is 14.2. The highest BCUT2D eigenvalue weighted by Gasteiger charge is 2.49. The zero-order valence-corrected chi connectivity index (χ0v) is 14.2. The van der Waals surface area contributed by atoms with Crippen LogP contribution in [0.15, 0.2) is 30.3 Å². The lowest BCUT2D eigenvalue weighted by atomic mass is 9.96. The molecule has 1 aliphatic carbocycles. The van der Waals surface area contributed by atoms with Gasteiger partial charge in [-0.1, -0.05) is 36.8 Å². The molecule has 23 heavy (non-hydrogen) atoms. The van der Waals surface area contributed by atoms with Crippen LogP contribution in [-0.2, 0) is 4.74 Å². The lowest BCUT2D eigenvalue weighted by molar-refractivity contribution is -0.00501. The molecule has 1 saturated heterocycles. The summed E-state index contributed by atoms with van der Waals surface area (Å²) in [7, 11) is 0.